The molecule has 2 aromatic carbocycles. The molecule has 0 atom stereocenters. The van der Waals surface area contributed by atoms with Crippen LogP contribution in [0.5, 0.6) is 0 Å². The van der Waals surface area contributed by atoms with Gasteiger partial charge in [0.15, 0.2) is 0 Å². The van der Waals surface area contributed by atoms with Crippen LogP contribution in [-0.2, 0) is 12.7 Å². The number of alkyl halides is 3. The van der Waals surface area contributed by atoms with Crippen LogP contribution in [0, 0.1) is 5.82 Å². The smallest absolute Gasteiger partial charge is 0.332 e. The molecule has 4 aromatic rings. The number of likely N-dealkylation sites (N-methyl/N-ethyl adjacent to an activating group) is 1. The molecule has 11 heteroatoms. The monoisotopic (exact) mass is 557 g/mol. The van der Waals surface area contributed by atoms with E-state index < -0.39 is 23.5 Å². The van der Waals surface area contributed by atoms with Crippen LogP contribution in [0.3, 0.4) is 0 Å². The molecule has 4 rings (SSSR count). The summed E-state index contributed by atoms with van der Waals surface area (Å²) in [6.45, 7) is 0.991. The van der Waals surface area contributed by atoms with Gasteiger partial charge < -0.3 is 14.4 Å². The van der Waals surface area contributed by atoms with Gasteiger partial charge in [-0.05, 0) is 62.1 Å². The number of benzene rings is 2. The maximum Gasteiger partial charge on any atom is 0.419 e. The standard InChI is InChI=1S/C25H21Cl2F4N3OS/c1-32(2)9-10-33(13-15-3-8-19(26)20(27)11-15)24(35)21-12-22-23(18(14-36-22)25(29,30)31)34(21)17-6-4-16(28)5-7-17/h3-8,11-12,14H,9-10,13H2,1-2H3. The fraction of sp³-hybridized carbons (Fsp3) is 0.240. The highest BCUT2D eigenvalue weighted by Crippen LogP contribution is 2.41. The Kier molecular flexibility index (Phi) is 7.66. The highest BCUT2D eigenvalue weighted by molar-refractivity contribution is 7.17. The molecule has 2 aromatic heterocycles. The number of aromatic nitrogens is 1. The van der Waals surface area contributed by atoms with Crippen LogP contribution in [0.25, 0.3) is 15.9 Å². The van der Waals surface area contributed by atoms with Crippen molar-refractivity contribution in [3.05, 3.63) is 86.6 Å². The molecule has 0 bridgehead atoms. The van der Waals surface area contributed by atoms with Crippen molar-refractivity contribution in [2.45, 2.75) is 12.7 Å². The summed E-state index contributed by atoms with van der Waals surface area (Å²) in [7, 11) is 3.71. The van der Waals surface area contributed by atoms with Gasteiger partial charge in [-0.15, -0.1) is 11.3 Å². The number of halogens is 6. The Morgan fingerprint density at radius 3 is 2.31 bits per heavy atom. The van der Waals surface area contributed by atoms with Crippen LogP contribution in [-0.4, -0.2) is 47.5 Å². The number of carbonyl (C=O) groups is 1. The lowest BCUT2D eigenvalue weighted by atomic mass is 10.2. The Hall–Kier alpha value is -2.59. The van der Waals surface area contributed by atoms with E-state index in [0.717, 1.165) is 28.8 Å². The van der Waals surface area contributed by atoms with Crippen molar-refractivity contribution >= 4 is 50.7 Å². The van der Waals surface area contributed by atoms with Crippen molar-refractivity contribution in [2.24, 2.45) is 0 Å². The topological polar surface area (TPSA) is 28.5 Å². The summed E-state index contributed by atoms with van der Waals surface area (Å²) in [5.41, 5.74) is 0.0301. The van der Waals surface area contributed by atoms with Crippen molar-refractivity contribution in [2.75, 3.05) is 27.2 Å². The first-order chi connectivity index (χ1) is 17.0. The summed E-state index contributed by atoms with van der Waals surface area (Å²) >= 11 is 13.1. The Bertz CT molecular complexity index is 1400. The summed E-state index contributed by atoms with van der Waals surface area (Å²) in [6, 6.07) is 11.5. The van der Waals surface area contributed by atoms with Gasteiger partial charge in [-0.25, -0.2) is 4.39 Å². The number of rotatable bonds is 7. The molecule has 0 unspecified atom stereocenters. The highest BCUT2D eigenvalue weighted by Gasteiger charge is 2.37. The highest BCUT2D eigenvalue weighted by atomic mass is 35.5. The molecule has 0 fully saturated rings. The molecule has 0 aliphatic rings. The molecule has 0 radical (unpaired) electrons. The van der Waals surface area contributed by atoms with E-state index in [1.807, 2.05) is 19.0 Å². The Labute approximate surface area is 219 Å². The number of nitrogens with zero attached hydrogens (tertiary/aromatic N) is 3. The average Bonchev–Trinajstić information content (AvgIpc) is 3.38. The second kappa shape index (κ2) is 10.4. The normalized spacial score (nSPS) is 12.0. The predicted octanol–water partition coefficient (Wildman–Crippen LogP) is 7.36. The minimum absolute atomic E-state index is 0.0489. The lowest BCUT2D eigenvalue weighted by Gasteiger charge is -2.25. The summed E-state index contributed by atoms with van der Waals surface area (Å²) in [4.78, 5) is 17.3. The molecular formula is C25H21Cl2F4N3OS. The van der Waals surface area contributed by atoms with Crippen LogP contribution in [0.1, 0.15) is 21.6 Å². The number of carbonyl (C=O) groups excluding carboxylic acids is 1. The van der Waals surface area contributed by atoms with Gasteiger partial charge in [-0.1, -0.05) is 29.3 Å². The van der Waals surface area contributed by atoms with E-state index in [1.54, 1.807) is 23.1 Å². The zero-order chi connectivity index (χ0) is 26.2. The molecule has 36 heavy (non-hydrogen) atoms. The molecule has 0 aliphatic carbocycles. The van der Waals surface area contributed by atoms with Gasteiger partial charge >= 0.3 is 6.18 Å². The van der Waals surface area contributed by atoms with Crippen molar-refractivity contribution < 1.29 is 22.4 Å². The van der Waals surface area contributed by atoms with Crippen molar-refractivity contribution in [3.8, 4) is 5.69 Å². The van der Waals surface area contributed by atoms with Gasteiger partial charge in [0.2, 0.25) is 0 Å². The second-order valence-electron chi connectivity index (χ2n) is 8.48. The minimum atomic E-state index is -4.63. The summed E-state index contributed by atoms with van der Waals surface area (Å²) in [6.07, 6.45) is -4.63. The van der Waals surface area contributed by atoms with Crippen LogP contribution in [0.15, 0.2) is 53.9 Å². The number of thiophene rings is 1. The minimum Gasteiger partial charge on any atom is -0.332 e. The van der Waals surface area contributed by atoms with Crippen LogP contribution < -0.4 is 0 Å². The molecule has 0 saturated heterocycles. The van der Waals surface area contributed by atoms with Crippen molar-refractivity contribution in [3.63, 3.8) is 0 Å². The number of hydrogen-bond donors (Lipinski definition) is 0. The van der Waals surface area contributed by atoms with Gasteiger partial charge in [-0.2, -0.15) is 13.2 Å². The molecular weight excluding hydrogens is 537 g/mol. The van der Waals surface area contributed by atoms with E-state index in [-0.39, 0.29) is 23.4 Å². The van der Waals surface area contributed by atoms with Gasteiger partial charge in [0.25, 0.3) is 5.91 Å². The quantitative estimate of drug-likeness (QED) is 0.222. The van der Waals surface area contributed by atoms with E-state index in [1.165, 1.54) is 22.8 Å². The number of amides is 1. The van der Waals surface area contributed by atoms with Crippen LogP contribution in [0.2, 0.25) is 10.0 Å². The zero-order valence-electron chi connectivity index (χ0n) is 19.2. The molecule has 2 heterocycles. The number of hydrogen-bond acceptors (Lipinski definition) is 3. The first-order valence-electron chi connectivity index (χ1n) is 10.8. The molecule has 190 valence electrons. The van der Waals surface area contributed by atoms with E-state index in [0.29, 0.717) is 33.4 Å². The third kappa shape index (κ3) is 5.54. The van der Waals surface area contributed by atoms with E-state index >= 15 is 0 Å². The van der Waals surface area contributed by atoms with E-state index in [9.17, 15) is 22.4 Å². The summed E-state index contributed by atoms with van der Waals surface area (Å²) in [5.74, 6) is -1.01. The van der Waals surface area contributed by atoms with E-state index in [4.69, 9.17) is 23.2 Å². The van der Waals surface area contributed by atoms with Gasteiger partial charge in [0.05, 0.1) is 25.8 Å². The molecule has 0 N–H and O–H groups in total. The molecule has 4 nitrogen and oxygen atoms in total. The lowest BCUT2D eigenvalue weighted by molar-refractivity contribution is -0.136. The number of fused-ring (bicyclic) bond motifs is 1. The predicted molar refractivity (Wildman–Crippen MR) is 136 cm³/mol. The first kappa shape index (κ1) is 26.5. The first-order valence-corrected chi connectivity index (χ1v) is 12.4. The zero-order valence-corrected chi connectivity index (χ0v) is 21.6. The molecule has 0 saturated carbocycles. The SMILES string of the molecule is CN(C)CCN(Cc1ccc(Cl)c(Cl)c1)C(=O)c1cc2scc(C(F)(F)F)c2n1-c1ccc(F)cc1. The Balaban J connectivity index is 1.84. The largest absolute Gasteiger partial charge is 0.419 e. The summed E-state index contributed by atoms with van der Waals surface area (Å²) in [5, 5.41) is 1.73. The third-order valence-corrected chi connectivity index (χ3v) is 7.25. The van der Waals surface area contributed by atoms with Crippen LogP contribution in [0.4, 0.5) is 17.6 Å². The Morgan fingerprint density at radius 2 is 1.69 bits per heavy atom. The van der Waals surface area contributed by atoms with Crippen molar-refractivity contribution in [1.29, 1.82) is 0 Å². The maximum absolute atomic E-state index is 13.9. The fourth-order valence-electron chi connectivity index (χ4n) is 3.82. The third-order valence-electron chi connectivity index (χ3n) is 5.60. The maximum atomic E-state index is 13.9. The lowest BCUT2D eigenvalue weighted by Crippen LogP contribution is -2.37. The van der Waals surface area contributed by atoms with Crippen LogP contribution >= 0.6 is 34.5 Å². The Morgan fingerprint density at radius 1 is 1.00 bits per heavy atom. The second-order valence-corrected chi connectivity index (χ2v) is 10.2. The van der Waals surface area contributed by atoms with E-state index in [2.05, 4.69) is 0 Å². The van der Waals surface area contributed by atoms with Gasteiger partial charge in [0.1, 0.15) is 11.5 Å². The van der Waals surface area contributed by atoms with Crippen molar-refractivity contribution in [1.82, 2.24) is 14.4 Å². The molecule has 0 spiro atoms. The fourth-order valence-corrected chi connectivity index (χ4v) is 5.12. The molecule has 1 amide bonds. The van der Waals surface area contributed by atoms with Gasteiger partial charge in [-0.3, -0.25) is 4.79 Å². The average molecular weight is 558 g/mol. The van der Waals surface area contributed by atoms with Gasteiger partial charge in [0, 0.05) is 30.7 Å². The molecule has 0 aliphatic heterocycles. The summed E-state index contributed by atoms with van der Waals surface area (Å²) < 4.78 is 56.8.